The number of ether oxygens (including phenoxy) is 1. The van der Waals surface area contributed by atoms with Gasteiger partial charge in [-0.2, -0.15) is 13.2 Å². The Bertz CT molecular complexity index is 783. The van der Waals surface area contributed by atoms with Crippen LogP contribution in [-0.2, 0) is 6.18 Å². The maximum Gasteiger partial charge on any atom is 0.416 e. The summed E-state index contributed by atoms with van der Waals surface area (Å²) < 4.78 is 45.0. The highest BCUT2D eigenvalue weighted by molar-refractivity contribution is 5.35. The zero-order valence-corrected chi connectivity index (χ0v) is 12.6. The molecule has 0 aromatic heterocycles. The van der Waals surface area contributed by atoms with Crippen molar-refractivity contribution in [3.63, 3.8) is 0 Å². The molecule has 0 fully saturated rings. The summed E-state index contributed by atoms with van der Waals surface area (Å²) in [5.41, 5.74) is 0.532. The van der Waals surface area contributed by atoms with Crippen LogP contribution in [0.25, 0.3) is 0 Å². The number of benzene rings is 3. The van der Waals surface area contributed by atoms with E-state index in [0.29, 0.717) is 11.3 Å². The summed E-state index contributed by atoms with van der Waals surface area (Å²) in [4.78, 5) is 0. The van der Waals surface area contributed by atoms with E-state index in [-0.39, 0.29) is 0 Å². The summed E-state index contributed by atoms with van der Waals surface area (Å²) in [6.45, 7) is 0. The van der Waals surface area contributed by atoms with Crippen molar-refractivity contribution in [2.24, 2.45) is 0 Å². The summed E-state index contributed by atoms with van der Waals surface area (Å²) in [5, 5.41) is 0. The van der Waals surface area contributed by atoms with Gasteiger partial charge in [0.1, 0.15) is 11.9 Å². The Balaban J connectivity index is 2.02. The summed E-state index contributed by atoms with van der Waals surface area (Å²) in [6, 6.07) is 24.2. The summed E-state index contributed by atoms with van der Waals surface area (Å²) in [6.07, 6.45) is -5.03. The average Bonchev–Trinajstić information content (AvgIpc) is 2.61. The lowest BCUT2D eigenvalue weighted by atomic mass is 9.99. The van der Waals surface area contributed by atoms with Crippen LogP contribution < -0.4 is 4.74 Å². The van der Waals surface area contributed by atoms with E-state index in [1.807, 2.05) is 30.3 Å². The molecule has 1 unspecified atom stereocenters. The second kappa shape index (κ2) is 6.79. The van der Waals surface area contributed by atoms with Gasteiger partial charge >= 0.3 is 6.18 Å². The van der Waals surface area contributed by atoms with E-state index >= 15 is 0 Å². The fourth-order valence-corrected chi connectivity index (χ4v) is 2.42. The summed E-state index contributed by atoms with van der Waals surface area (Å²) >= 11 is 0. The zero-order chi connectivity index (χ0) is 17.0. The van der Waals surface area contributed by atoms with E-state index < -0.39 is 17.8 Å². The molecule has 0 bridgehead atoms. The summed E-state index contributed by atoms with van der Waals surface area (Å²) in [7, 11) is 0. The van der Waals surface area contributed by atoms with E-state index in [9.17, 15) is 13.2 Å². The standard InChI is InChI=1S/C20H14F3O/c21-20(22,23)17-11-7-10-16(14-17)19(15-8-3-1-4-9-15)24-18-12-5-2-6-13-18/h1-5,7-14,19H. The Hall–Kier alpha value is -2.75. The van der Waals surface area contributed by atoms with Crippen molar-refractivity contribution >= 4 is 0 Å². The monoisotopic (exact) mass is 327 g/mol. The van der Waals surface area contributed by atoms with Crippen molar-refractivity contribution < 1.29 is 17.9 Å². The molecule has 3 aromatic rings. The van der Waals surface area contributed by atoms with Crippen LogP contribution in [0.3, 0.4) is 0 Å². The molecule has 0 saturated carbocycles. The quantitative estimate of drug-likeness (QED) is 0.599. The fourth-order valence-electron chi connectivity index (χ4n) is 2.42. The number of hydrogen-bond acceptors (Lipinski definition) is 1. The molecule has 24 heavy (non-hydrogen) atoms. The molecular formula is C20H14F3O. The molecule has 0 aliphatic heterocycles. The van der Waals surface area contributed by atoms with Crippen molar-refractivity contribution in [1.29, 1.82) is 0 Å². The third kappa shape index (κ3) is 3.77. The predicted molar refractivity (Wildman–Crippen MR) is 85.6 cm³/mol. The largest absolute Gasteiger partial charge is 0.481 e. The molecule has 1 radical (unpaired) electrons. The Morgan fingerprint density at radius 2 is 1.58 bits per heavy atom. The van der Waals surface area contributed by atoms with Crippen LogP contribution in [0.15, 0.2) is 78.9 Å². The molecule has 0 spiro atoms. The highest BCUT2D eigenvalue weighted by Crippen LogP contribution is 2.34. The third-order valence-corrected chi connectivity index (χ3v) is 3.55. The van der Waals surface area contributed by atoms with Gasteiger partial charge in [0.15, 0.2) is 0 Å². The van der Waals surface area contributed by atoms with Crippen LogP contribution >= 0.6 is 0 Å². The maximum atomic E-state index is 13.0. The predicted octanol–water partition coefficient (Wildman–Crippen LogP) is 5.67. The van der Waals surface area contributed by atoms with Crippen molar-refractivity contribution in [2.45, 2.75) is 12.3 Å². The minimum atomic E-state index is -4.39. The molecule has 0 aliphatic rings. The van der Waals surface area contributed by atoms with Gasteiger partial charge in [0.05, 0.1) is 5.56 Å². The van der Waals surface area contributed by atoms with Gasteiger partial charge in [-0.05, 0) is 41.5 Å². The van der Waals surface area contributed by atoms with Crippen LogP contribution in [0.5, 0.6) is 5.75 Å². The van der Waals surface area contributed by atoms with Gasteiger partial charge in [-0.3, -0.25) is 0 Å². The number of alkyl halides is 3. The lowest BCUT2D eigenvalue weighted by molar-refractivity contribution is -0.137. The van der Waals surface area contributed by atoms with Gasteiger partial charge in [0, 0.05) is 0 Å². The van der Waals surface area contributed by atoms with Gasteiger partial charge in [-0.25, -0.2) is 0 Å². The smallest absolute Gasteiger partial charge is 0.416 e. The molecule has 121 valence electrons. The maximum absolute atomic E-state index is 13.0. The Labute approximate surface area is 138 Å². The van der Waals surface area contributed by atoms with Crippen LogP contribution in [-0.4, -0.2) is 0 Å². The Morgan fingerprint density at radius 3 is 2.25 bits per heavy atom. The molecule has 4 heteroatoms. The number of hydrogen-bond donors (Lipinski definition) is 0. The average molecular weight is 327 g/mol. The first-order valence-electron chi connectivity index (χ1n) is 7.39. The topological polar surface area (TPSA) is 9.23 Å². The molecule has 3 rings (SSSR count). The minimum absolute atomic E-state index is 0.444. The first-order valence-corrected chi connectivity index (χ1v) is 7.39. The van der Waals surface area contributed by atoms with Crippen molar-refractivity contribution in [3.05, 3.63) is 102 Å². The molecule has 3 aromatic carbocycles. The van der Waals surface area contributed by atoms with Gasteiger partial charge in [-0.1, -0.05) is 54.6 Å². The van der Waals surface area contributed by atoms with Gasteiger partial charge in [0.2, 0.25) is 0 Å². The van der Waals surface area contributed by atoms with Gasteiger partial charge in [-0.15, -0.1) is 0 Å². The van der Waals surface area contributed by atoms with Crippen molar-refractivity contribution in [1.82, 2.24) is 0 Å². The van der Waals surface area contributed by atoms with Crippen LogP contribution in [0.2, 0.25) is 0 Å². The Kier molecular flexibility index (Phi) is 4.56. The first-order chi connectivity index (χ1) is 11.5. The molecule has 1 nitrogen and oxygen atoms in total. The van der Waals surface area contributed by atoms with Gasteiger partial charge < -0.3 is 4.74 Å². The van der Waals surface area contributed by atoms with E-state index in [2.05, 4.69) is 6.07 Å². The van der Waals surface area contributed by atoms with Crippen molar-refractivity contribution in [3.8, 4) is 5.75 Å². The lowest BCUT2D eigenvalue weighted by Crippen LogP contribution is -2.12. The second-order valence-corrected chi connectivity index (χ2v) is 5.27. The molecule has 0 heterocycles. The van der Waals surface area contributed by atoms with Crippen LogP contribution in [0.4, 0.5) is 13.2 Å². The normalized spacial score (nSPS) is 12.6. The highest BCUT2D eigenvalue weighted by Gasteiger charge is 2.31. The lowest BCUT2D eigenvalue weighted by Gasteiger charge is -2.21. The second-order valence-electron chi connectivity index (χ2n) is 5.27. The minimum Gasteiger partial charge on any atom is -0.481 e. The molecule has 1 atom stereocenters. The van der Waals surface area contributed by atoms with E-state index in [0.717, 1.165) is 17.7 Å². The zero-order valence-electron chi connectivity index (χ0n) is 12.6. The third-order valence-electron chi connectivity index (χ3n) is 3.55. The SMILES string of the molecule is FC(F)(F)c1cccc(C(Oc2c[c]ccc2)c2ccccc2)c1. The highest BCUT2D eigenvalue weighted by atomic mass is 19.4. The first kappa shape index (κ1) is 16.1. The van der Waals surface area contributed by atoms with Gasteiger partial charge in [0.25, 0.3) is 0 Å². The van der Waals surface area contributed by atoms with Crippen LogP contribution in [0, 0.1) is 6.07 Å². The van der Waals surface area contributed by atoms with E-state index in [4.69, 9.17) is 4.74 Å². The number of rotatable bonds is 4. The van der Waals surface area contributed by atoms with E-state index in [1.54, 1.807) is 30.3 Å². The van der Waals surface area contributed by atoms with Crippen molar-refractivity contribution in [2.75, 3.05) is 0 Å². The number of halogens is 3. The molecule has 0 N–H and O–H groups in total. The molecule has 0 aliphatic carbocycles. The summed E-state index contributed by atoms with van der Waals surface area (Å²) in [5.74, 6) is 0.545. The molecular weight excluding hydrogens is 313 g/mol. The Morgan fingerprint density at radius 1 is 0.833 bits per heavy atom. The van der Waals surface area contributed by atoms with E-state index in [1.165, 1.54) is 6.07 Å². The molecule has 0 saturated heterocycles. The molecule has 0 amide bonds. The fraction of sp³-hybridized carbons (Fsp3) is 0.100. The van der Waals surface area contributed by atoms with Crippen LogP contribution in [0.1, 0.15) is 22.8 Å².